The monoisotopic (exact) mass is 688 g/mol. The van der Waals surface area contributed by atoms with Gasteiger partial charge in [0.1, 0.15) is 6.10 Å². The number of carbonyl (C=O) groups is 2. The topological polar surface area (TPSA) is 71.1 Å². The van der Waals surface area contributed by atoms with Gasteiger partial charge in [0.05, 0.1) is 31.8 Å². The Kier molecular flexibility index (Phi) is 15.3. The Hall–Kier alpha value is -3.16. The number of nitrogens with zero attached hydrogens (tertiary/aromatic N) is 1. The first kappa shape index (κ1) is 38.1. The second-order valence-electron chi connectivity index (χ2n) is 14.8. The predicted octanol–water partition coefficient (Wildman–Crippen LogP) is 10.2. The zero-order valence-electron chi connectivity index (χ0n) is 30.6. The summed E-state index contributed by atoms with van der Waals surface area (Å²) in [6.45, 7) is 4.64. The molecule has 0 radical (unpaired) electrons. The molecule has 7 nitrogen and oxygen atoms in total. The third-order valence-electron chi connectivity index (χ3n) is 11.5. The number of piperidine rings is 1. The molecule has 0 aromatic heterocycles. The fourth-order valence-corrected chi connectivity index (χ4v) is 8.87. The van der Waals surface area contributed by atoms with Gasteiger partial charge in [-0.1, -0.05) is 125 Å². The summed E-state index contributed by atoms with van der Waals surface area (Å²) in [5, 5.41) is 0. The normalized spacial score (nSPS) is 21.1. The summed E-state index contributed by atoms with van der Waals surface area (Å²) in [5.74, 6) is -0.469. The number of hydrogen-bond acceptors (Lipinski definition) is 6. The van der Waals surface area contributed by atoms with Crippen molar-refractivity contribution in [1.82, 2.24) is 0 Å². The second kappa shape index (κ2) is 20.0. The van der Waals surface area contributed by atoms with E-state index in [1.807, 2.05) is 60.7 Å². The van der Waals surface area contributed by atoms with Crippen molar-refractivity contribution in [3.8, 4) is 0 Å². The molecule has 0 amide bonds. The number of hydrogen-bond donors (Lipinski definition) is 0. The number of unbranched alkanes of at least 4 members (excludes halogenated alkanes) is 10. The minimum Gasteiger partial charge on any atom is -0.459 e. The van der Waals surface area contributed by atoms with Crippen molar-refractivity contribution in [2.45, 2.75) is 146 Å². The average Bonchev–Trinajstić information content (AvgIpc) is 3.69. The fourth-order valence-electron chi connectivity index (χ4n) is 8.87. The molecule has 1 spiro atoms. The molecule has 0 N–H and O–H groups in total. The molecule has 3 fully saturated rings. The Morgan fingerprint density at radius 2 is 1.26 bits per heavy atom. The minimum atomic E-state index is -1.59. The van der Waals surface area contributed by atoms with E-state index in [0.29, 0.717) is 29.8 Å². The molecule has 7 heteroatoms. The van der Waals surface area contributed by atoms with Gasteiger partial charge in [-0.25, -0.2) is 9.59 Å². The summed E-state index contributed by atoms with van der Waals surface area (Å²) < 4.78 is 24.8. The smallest absolute Gasteiger partial charge is 0.459 e. The molecule has 3 aliphatic rings. The van der Waals surface area contributed by atoms with Crippen LogP contribution in [-0.2, 0) is 29.3 Å². The Morgan fingerprint density at radius 1 is 0.720 bits per heavy atom. The lowest BCUT2D eigenvalue weighted by atomic mass is 9.85. The zero-order chi connectivity index (χ0) is 34.9. The lowest BCUT2D eigenvalue weighted by Crippen LogP contribution is -2.60. The van der Waals surface area contributed by atoms with Gasteiger partial charge < -0.3 is 23.4 Å². The Bertz CT molecular complexity index is 1250. The molecule has 3 saturated heterocycles. The SMILES string of the molecule is CCCCCCCC/C=C\CCCCCCOC(=O)OCOC(C(=O)OC1CC2CCC(C1)[N+]21CCCC1)(c1ccccc1)c1ccccc1. The molecule has 2 bridgehead atoms. The maximum Gasteiger partial charge on any atom is 0.510 e. The summed E-state index contributed by atoms with van der Waals surface area (Å²) >= 11 is 0. The van der Waals surface area contributed by atoms with Crippen LogP contribution in [0.5, 0.6) is 0 Å². The Balaban J connectivity index is 1.08. The highest BCUT2D eigenvalue weighted by atomic mass is 16.8. The summed E-state index contributed by atoms with van der Waals surface area (Å²) in [4.78, 5) is 27.0. The number of esters is 1. The number of allylic oxidation sites excluding steroid dienone is 2. The van der Waals surface area contributed by atoms with Gasteiger partial charge in [0.25, 0.3) is 0 Å². The number of rotatable bonds is 21. The van der Waals surface area contributed by atoms with E-state index in [1.54, 1.807) is 0 Å². The van der Waals surface area contributed by atoms with E-state index in [0.717, 1.165) is 44.9 Å². The van der Waals surface area contributed by atoms with Crippen molar-refractivity contribution in [2.75, 3.05) is 26.5 Å². The largest absolute Gasteiger partial charge is 0.510 e. The highest BCUT2D eigenvalue weighted by molar-refractivity contribution is 5.86. The van der Waals surface area contributed by atoms with Crippen molar-refractivity contribution < 1.29 is 33.0 Å². The van der Waals surface area contributed by atoms with Crippen LogP contribution in [0.15, 0.2) is 72.8 Å². The third-order valence-corrected chi connectivity index (χ3v) is 11.5. The molecule has 0 saturated carbocycles. The van der Waals surface area contributed by atoms with Gasteiger partial charge >= 0.3 is 12.1 Å². The molecule has 5 rings (SSSR count). The summed E-state index contributed by atoms with van der Waals surface area (Å²) in [6, 6.07) is 19.9. The zero-order valence-corrected chi connectivity index (χ0v) is 30.6. The van der Waals surface area contributed by atoms with Crippen molar-refractivity contribution in [3.05, 3.63) is 83.9 Å². The van der Waals surface area contributed by atoms with Gasteiger partial charge in [-0.3, -0.25) is 0 Å². The standard InChI is InChI=1S/C43H62NO6/c1-2-3-4-5-6-7-8-9-10-11-12-13-14-23-32-47-42(46)48-35-49-43(36-24-17-15-18-25-36,37-26-19-16-20-27-37)41(45)50-40-33-38-28-29-39(34-40)44(38)30-21-22-31-44/h9-10,15-20,24-27,38-40H,2-8,11-14,21-23,28-35H2,1H3/q+1/b10-9-. The second-order valence-corrected chi connectivity index (χ2v) is 14.8. The highest BCUT2D eigenvalue weighted by Gasteiger charge is 2.57. The first-order chi connectivity index (χ1) is 24.6. The van der Waals surface area contributed by atoms with E-state index in [9.17, 15) is 9.59 Å². The summed E-state index contributed by atoms with van der Waals surface area (Å²) in [6.07, 6.45) is 24.8. The van der Waals surface area contributed by atoms with E-state index in [2.05, 4.69) is 19.1 Å². The van der Waals surface area contributed by atoms with E-state index >= 15 is 0 Å². The van der Waals surface area contributed by atoms with Crippen LogP contribution >= 0.6 is 0 Å². The lowest BCUT2D eigenvalue weighted by Gasteiger charge is -2.47. The first-order valence-electron chi connectivity index (χ1n) is 19.9. The van der Waals surface area contributed by atoms with E-state index in [-0.39, 0.29) is 6.10 Å². The molecule has 274 valence electrons. The van der Waals surface area contributed by atoms with E-state index < -0.39 is 24.5 Å². The van der Waals surface area contributed by atoms with Crippen molar-refractivity contribution in [3.63, 3.8) is 0 Å². The minimum absolute atomic E-state index is 0.160. The van der Waals surface area contributed by atoms with Crippen LogP contribution in [0.3, 0.4) is 0 Å². The summed E-state index contributed by atoms with van der Waals surface area (Å²) in [5.41, 5.74) is -0.332. The van der Waals surface area contributed by atoms with Crippen LogP contribution in [0.2, 0.25) is 0 Å². The van der Waals surface area contributed by atoms with Crippen LogP contribution in [-0.4, -0.2) is 61.3 Å². The maximum atomic E-state index is 14.5. The molecule has 2 aromatic rings. The first-order valence-corrected chi connectivity index (χ1v) is 19.9. The predicted molar refractivity (Wildman–Crippen MR) is 197 cm³/mol. The molecule has 3 aliphatic heterocycles. The number of benzene rings is 2. The summed E-state index contributed by atoms with van der Waals surface area (Å²) in [7, 11) is 0. The van der Waals surface area contributed by atoms with E-state index in [1.165, 1.54) is 88.2 Å². The molecular formula is C43H62NO6+. The van der Waals surface area contributed by atoms with Crippen LogP contribution in [0, 0.1) is 0 Å². The third kappa shape index (κ3) is 10.00. The lowest BCUT2D eigenvalue weighted by molar-refractivity contribution is -0.956. The molecule has 50 heavy (non-hydrogen) atoms. The fraction of sp³-hybridized carbons (Fsp3) is 0.628. The maximum absolute atomic E-state index is 14.5. The molecule has 0 aliphatic carbocycles. The van der Waals surface area contributed by atoms with Gasteiger partial charge in [-0.15, -0.1) is 0 Å². The van der Waals surface area contributed by atoms with Gasteiger partial charge in [0.15, 0.2) is 6.79 Å². The molecule has 3 heterocycles. The van der Waals surface area contributed by atoms with E-state index in [4.69, 9.17) is 18.9 Å². The van der Waals surface area contributed by atoms with Gasteiger partial charge in [0, 0.05) is 38.5 Å². The van der Waals surface area contributed by atoms with Crippen molar-refractivity contribution >= 4 is 12.1 Å². The number of carbonyl (C=O) groups excluding carboxylic acids is 2. The quantitative estimate of drug-likeness (QED) is 0.0428. The van der Waals surface area contributed by atoms with Gasteiger partial charge in [-0.05, 0) is 43.2 Å². The van der Waals surface area contributed by atoms with Crippen LogP contribution < -0.4 is 0 Å². The molecule has 2 aromatic carbocycles. The number of ether oxygens (including phenoxy) is 4. The van der Waals surface area contributed by atoms with Crippen LogP contribution in [0.1, 0.15) is 134 Å². The van der Waals surface area contributed by atoms with Gasteiger partial charge in [0.2, 0.25) is 5.60 Å². The number of quaternary nitrogens is 1. The highest BCUT2D eigenvalue weighted by Crippen LogP contribution is 2.47. The molecular weight excluding hydrogens is 626 g/mol. The van der Waals surface area contributed by atoms with Crippen molar-refractivity contribution in [1.29, 1.82) is 0 Å². The average molecular weight is 689 g/mol. The van der Waals surface area contributed by atoms with Crippen molar-refractivity contribution in [2.24, 2.45) is 0 Å². The van der Waals surface area contributed by atoms with Crippen LogP contribution in [0.4, 0.5) is 4.79 Å². The molecule has 2 unspecified atom stereocenters. The Labute approximate surface area is 301 Å². The van der Waals surface area contributed by atoms with Gasteiger partial charge in [-0.2, -0.15) is 0 Å². The Morgan fingerprint density at radius 3 is 1.84 bits per heavy atom. The molecule has 2 atom stereocenters. The van der Waals surface area contributed by atoms with Crippen LogP contribution in [0.25, 0.3) is 0 Å².